The first-order valence-electron chi connectivity index (χ1n) is 8.48. The van der Waals surface area contributed by atoms with Crippen molar-refractivity contribution in [3.63, 3.8) is 0 Å². The summed E-state index contributed by atoms with van der Waals surface area (Å²) in [6, 6.07) is 13.7. The second kappa shape index (κ2) is 8.44. The monoisotopic (exact) mass is 339 g/mol. The van der Waals surface area contributed by atoms with Crippen LogP contribution < -0.4 is 11.1 Å². The normalized spacial score (nSPS) is 11.7. The molecule has 0 aliphatic heterocycles. The predicted molar refractivity (Wildman–Crippen MR) is 100 cm³/mol. The van der Waals surface area contributed by atoms with E-state index in [4.69, 9.17) is 5.73 Å². The maximum absolute atomic E-state index is 12.3. The zero-order chi connectivity index (χ0) is 18.4. The van der Waals surface area contributed by atoms with Gasteiger partial charge in [0.1, 0.15) is 6.04 Å². The minimum Gasteiger partial charge on any atom is -0.339 e. The lowest BCUT2D eigenvalue weighted by molar-refractivity contribution is -0.117. The third kappa shape index (κ3) is 4.67. The first-order chi connectivity index (χ1) is 12.0. The molecule has 0 saturated carbocycles. The maximum Gasteiger partial charge on any atom is 0.253 e. The Balaban J connectivity index is 2.04. The Labute approximate surface area is 148 Å². The first kappa shape index (κ1) is 18.7. The van der Waals surface area contributed by atoms with Gasteiger partial charge in [-0.15, -0.1) is 0 Å². The molecule has 1 atom stereocenters. The summed E-state index contributed by atoms with van der Waals surface area (Å²) in [7, 11) is 0. The highest BCUT2D eigenvalue weighted by molar-refractivity contribution is 5.97. The number of rotatable bonds is 6. The van der Waals surface area contributed by atoms with Crippen LogP contribution in [0.15, 0.2) is 48.5 Å². The van der Waals surface area contributed by atoms with E-state index in [0.29, 0.717) is 24.3 Å². The van der Waals surface area contributed by atoms with Crippen LogP contribution in [0.3, 0.4) is 0 Å². The Bertz CT molecular complexity index is 720. The van der Waals surface area contributed by atoms with Gasteiger partial charge in [-0.05, 0) is 50.6 Å². The molecule has 0 bridgehead atoms. The zero-order valence-electron chi connectivity index (χ0n) is 15.0. The van der Waals surface area contributed by atoms with E-state index in [1.165, 1.54) is 0 Å². The standard InChI is InChI=1S/C20H25N3O2/c1-4-23(5-2)20(25)16-10-12-17(13-11-16)22-19(24)18(21)15-8-6-14(3)7-9-15/h6-13,18H,4-5,21H2,1-3H3,(H,22,24). The molecule has 0 spiro atoms. The van der Waals surface area contributed by atoms with Gasteiger partial charge < -0.3 is 16.0 Å². The Morgan fingerprint density at radius 3 is 2.08 bits per heavy atom. The second-order valence-electron chi connectivity index (χ2n) is 5.93. The third-order valence-electron chi connectivity index (χ3n) is 4.17. The molecule has 0 aliphatic rings. The lowest BCUT2D eigenvalue weighted by Crippen LogP contribution is -2.30. The number of nitrogens with zero attached hydrogens (tertiary/aromatic N) is 1. The summed E-state index contributed by atoms with van der Waals surface area (Å²) in [5.74, 6) is -0.300. The molecule has 1 unspecified atom stereocenters. The number of benzene rings is 2. The van der Waals surface area contributed by atoms with E-state index < -0.39 is 6.04 Å². The van der Waals surface area contributed by atoms with Crippen LogP contribution in [-0.2, 0) is 4.79 Å². The molecule has 0 aliphatic carbocycles. The number of carbonyl (C=O) groups is 2. The SMILES string of the molecule is CCN(CC)C(=O)c1ccc(NC(=O)C(N)c2ccc(C)cc2)cc1. The van der Waals surface area contributed by atoms with Crippen molar-refractivity contribution in [1.82, 2.24) is 4.90 Å². The molecular weight excluding hydrogens is 314 g/mol. The molecule has 0 aromatic heterocycles. The maximum atomic E-state index is 12.3. The number of anilines is 1. The van der Waals surface area contributed by atoms with Crippen LogP contribution in [-0.4, -0.2) is 29.8 Å². The largest absolute Gasteiger partial charge is 0.339 e. The van der Waals surface area contributed by atoms with E-state index in [-0.39, 0.29) is 11.8 Å². The van der Waals surface area contributed by atoms with Crippen molar-refractivity contribution < 1.29 is 9.59 Å². The fourth-order valence-corrected chi connectivity index (χ4v) is 2.53. The number of nitrogens with two attached hydrogens (primary N) is 1. The number of hydrogen-bond acceptors (Lipinski definition) is 3. The Hall–Kier alpha value is -2.66. The number of nitrogens with one attached hydrogen (secondary N) is 1. The zero-order valence-corrected chi connectivity index (χ0v) is 15.0. The van der Waals surface area contributed by atoms with E-state index >= 15 is 0 Å². The summed E-state index contributed by atoms with van der Waals surface area (Å²) in [6.45, 7) is 7.21. The molecule has 0 saturated heterocycles. The fraction of sp³-hybridized carbons (Fsp3) is 0.300. The van der Waals surface area contributed by atoms with Crippen molar-refractivity contribution >= 4 is 17.5 Å². The van der Waals surface area contributed by atoms with E-state index in [9.17, 15) is 9.59 Å². The minimum atomic E-state index is -0.738. The van der Waals surface area contributed by atoms with Gasteiger partial charge in [0.25, 0.3) is 5.91 Å². The van der Waals surface area contributed by atoms with Gasteiger partial charge in [-0.25, -0.2) is 0 Å². The Kier molecular flexibility index (Phi) is 6.31. The lowest BCUT2D eigenvalue weighted by atomic mass is 10.1. The molecule has 0 radical (unpaired) electrons. The van der Waals surface area contributed by atoms with Crippen LogP contribution in [0.1, 0.15) is 41.4 Å². The molecular formula is C20H25N3O2. The van der Waals surface area contributed by atoms with E-state index in [2.05, 4.69) is 5.32 Å². The van der Waals surface area contributed by atoms with Gasteiger partial charge in [0.2, 0.25) is 5.91 Å². The number of hydrogen-bond donors (Lipinski definition) is 2. The second-order valence-corrected chi connectivity index (χ2v) is 5.93. The van der Waals surface area contributed by atoms with Gasteiger partial charge in [-0.2, -0.15) is 0 Å². The molecule has 25 heavy (non-hydrogen) atoms. The summed E-state index contributed by atoms with van der Waals surface area (Å²) in [5, 5.41) is 2.79. The molecule has 5 nitrogen and oxygen atoms in total. The summed E-state index contributed by atoms with van der Waals surface area (Å²) in [5.41, 5.74) is 9.11. The van der Waals surface area contributed by atoms with Gasteiger partial charge in [-0.3, -0.25) is 9.59 Å². The highest BCUT2D eigenvalue weighted by Crippen LogP contribution is 2.16. The number of amides is 2. The van der Waals surface area contributed by atoms with Crippen LogP contribution in [0.5, 0.6) is 0 Å². The first-order valence-corrected chi connectivity index (χ1v) is 8.48. The van der Waals surface area contributed by atoms with Crippen molar-refractivity contribution in [2.24, 2.45) is 5.73 Å². The van der Waals surface area contributed by atoms with Gasteiger partial charge >= 0.3 is 0 Å². The summed E-state index contributed by atoms with van der Waals surface area (Å²) < 4.78 is 0. The molecule has 0 heterocycles. The quantitative estimate of drug-likeness (QED) is 0.849. The number of carbonyl (C=O) groups excluding carboxylic acids is 2. The van der Waals surface area contributed by atoms with Gasteiger partial charge in [0, 0.05) is 24.3 Å². The average Bonchev–Trinajstić information content (AvgIpc) is 2.63. The van der Waals surface area contributed by atoms with Crippen molar-refractivity contribution in [2.45, 2.75) is 26.8 Å². The van der Waals surface area contributed by atoms with Gasteiger partial charge in [-0.1, -0.05) is 29.8 Å². The molecule has 2 aromatic carbocycles. The van der Waals surface area contributed by atoms with Gasteiger partial charge in [0.05, 0.1) is 0 Å². The van der Waals surface area contributed by atoms with Crippen LogP contribution in [0.4, 0.5) is 5.69 Å². The predicted octanol–water partition coefficient (Wildman–Crippen LogP) is 3.12. The summed E-state index contributed by atoms with van der Waals surface area (Å²) in [4.78, 5) is 26.3. The van der Waals surface area contributed by atoms with E-state index in [1.54, 1.807) is 29.2 Å². The highest BCUT2D eigenvalue weighted by Gasteiger charge is 2.16. The molecule has 2 rings (SSSR count). The van der Waals surface area contributed by atoms with Crippen molar-refractivity contribution in [2.75, 3.05) is 18.4 Å². The van der Waals surface area contributed by atoms with Crippen molar-refractivity contribution in [1.29, 1.82) is 0 Å². The molecule has 3 N–H and O–H groups in total. The fourth-order valence-electron chi connectivity index (χ4n) is 2.53. The van der Waals surface area contributed by atoms with Gasteiger partial charge in [0.15, 0.2) is 0 Å². The van der Waals surface area contributed by atoms with Crippen molar-refractivity contribution in [3.05, 3.63) is 65.2 Å². The molecule has 0 fully saturated rings. The van der Waals surface area contributed by atoms with Crippen LogP contribution in [0.25, 0.3) is 0 Å². The smallest absolute Gasteiger partial charge is 0.253 e. The third-order valence-corrected chi connectivity index (χ3v) is 4.17. The Morgan fingerprint density at radius 1 is 1.00 bits per heavy atom. The topological polar surface area (TPSA) is 75.4 Å². The summed E-state index contributed by atoms with van der Waals surface area (Å²) in [6.07, 6.45) is 0. The van der Waals surface area contributed by atoms with Crippen LogP contribution in [0.2, 0.25) is 0 Å². The minimum absolute atomic E-state index is 0.0146. The summed E-state index contributed by atoms with van der Waals surface area (Å²) >= 11 is 0. The average molecular weight is 339 g/mol. The highest BCUT2D eigenvalue weighted by atomic mass is 16.2. The Morgan fingerprint density at radius 2 is 1.56 bits per heavy atom. The van der Waals surface area contributed by atoms with Crippen molar-refractivity contribution in [3.8, 4) is 0 Å². The van der Waals surface area contributed by atoms with Crippen LogP contribution in [0, 0.1) is 6.92 Å². The number of aryl methyl sites for hydroxylation is 1. The molecule has 2 aromatic rings. The van der Waals surface area contributed by atoms with E-state index in [1.807, 2.05) is 45.0 Å². The molecule has 2 amide bonds. The van der Waals surface area contributed by atoms with Crippen LogP contribution >= 0.6 is 0 Å². The lowest BCUT2D eigenvalue weighted by Gasteiger charge is -2.19. The molecule has 132 valence electrons. The molecule has 5 heteroatoms. The van der Waals surface area contributed by atoms with E-state index in [0.717, 1.165) is 11.1 Å².